The van der Waals surface area contributed by atoms with E-state index in [9.17, 15) is 18.3 Å². The van der Waals surface area contributed by atoms with Gasteiger partial charge in [0.1, 0.15) is 23.9 Å². The normalized spacial score (nSPS) is 11.4. The van der Waals surface area contributed by atoms with Crippen LogP contribution >= 0.6 is 0 Å². The number of ether oxygens (including phenoxy) is 2. The molecule has 0 atom stereocenters. The van der Waals surface area contributed by atoms with Crippen molar-refractivity contribution < 1.29 is 27.8 Å². The Morgan fingerprint density at radius 3 is 2.39 bits per heavy atom. The third-order valence-electron chi connectivity index (χ3n) is 5.69. The van der Waals surface area contributed by atoms with Gasteiger partial charge in [-0.25, -0.2) is 9.97 Å². The standard InChI is InChI=1S/C27H24F3N3O3/c1-15-8-9-16(2)17(12-15)14-36-18-10-11-19(21(34)13-18)24-23(20-6-4-5-7-22(20)35-3)25(27(28,29)30)33-26(31)32-24/h4-13,34H,14H2,1-3H3,(H2,31,32,33). The summed E-state index contributed by atoms with van der Waals surface area (Å²) in [5.41, 5.74) is 7.17. The number of nitrogens with zero attached hydrogens (tertiary/aromatic N) is 2. The second-order valence-electron chi connectivity index (χ2n) is 8.25. The van der Waals surface area contributed by atoms with Gasteiger partial charge in [-0.3, -0.25) is 0 Å². The van der Waals surface area contributed by atoms with Gasteiger partial charge in [0, 0.05) is 22.8 Å². The molecule has 186 valence electrons. The molecule has 0 fully saturated rings. The topological polar surface area (TPSA) is 90.5 Å². The van der Waals surface area contributed by atoms with Crippen LogP contribution in [0.25, 0.3) is 22.4 Å². The Balaban J connectivity index is 1.81. The molecule has 0 spiro atoms. The summed E-state index contributed by atoms with van der Waals surface area (Å²) >= 11 is 0. The zero-order chi connectivity index (χ0) is 26.0. The number of hydrogen-bond donors (Lipinski definition) is 2. The summed E-state index contributed by atoms with van der Waals surface area (Å²) in [7, 11) is 1.35. The van der Waals surface area contributed by atoms with Gasteiger partial charge in [0.25, 0.3) is 0 Å². The minimum absolute atomic E-state index is 0.0367. The molecule has 4 rings (SSSR count). The number of halogens is 3. The number of alkyl halides is 3. The Bertz CT molecular complexity index is 1420. The first-order valence-electron chi connectivity index (χ1n) is 11.0. The highest BCUT2D eigenvalue weighted by Gasteiger charge is 2.39. The number of phenols is 1. The van der Waals surface area contributed by atoms with Crippen molar-refractivity contribution in [3.05, 3.63) is 83.0 Å². The maximum atomic E-state index is 14.1. The number of aromatic nitrogens is 2. The molecule has 1 aromatic heterocycles. The molecule has 6 nitrogen and oxygen atoms in total. The van der Waals surface area contributed by atoms with E-state index >= 15 is 0 Å². The van der Waals surface area contributed by atoms with Crippen molar-refractivity contribution in [2.24, 2.45) is 0 Å². The predicted octanol–water partition coefficient (Wildman–Crippen LogP) is 6.32. The van der Waals surface area contributed by atoms with E-state index in [4.69, 9.17) is 15.2 Å². The Morgan fingerprint density at radius 2 is 1.69 bits per heavy atom. The molecule has 0 amide bonds. The molecule has 36 heavy (non-hydrogen) atoms. The van der Waals surface area contributed by atoms with E-state index in [2.05, 4.69) is 9.97 Å². The van der Waals surface area contributed by atoms with Gasteiger partial charge in [0.05, 0.1) is 12.8 Å². The molecule has 1 heterocycles. The smallest absolute Gasteiger partial charge is 0.434 e. The minimum Gasteiger partial charge on any atom is -0.507 e. The van der Waals surface area contributed by atoms with Crippen LogP contribution in [0.3, 0.4) is 0 Å². The van der Waals surface area contributed by atoms with E-state index in [1.807, 2.05) is 32.0 Å². The van der Waals surface area contributed by atoms with Crippen molar-refractivity contribution in [1.29, 1.82) is 0 Å². The third-order valence-corrected chi connectivity index (χ3v) is 5.69. The number of phenolic OH excluding ortho intramolecular Hbond substituents is 1. The monoisotopic (exact) mass is 495 g/mol. The molecule has 0 saturated carbocycles. The average Bonchev–Trinajstić information content (AvgIpc) is 2.83. The lowest BCUT2D eigenvalue weighted by Crippen LogP contribution is -2.14. The summed E-state index contributed by atoms with van der Waals surface area (Å²) in [5, 5.41) is 10.8. The fraction of sp³-hybridized carbons (Fsp3) is 0.185. The van der Waals surface area contributed by atoms with Crippen molar-refractivity contribution in [2.75, 3.05) is 12.8 Å². The van der Waals surface area contributed by atoms with Gasteiger partial charge >= 0.3 is 6.18 Å². The van der Waals surface area contributed by atoms with Crippen LogP contribution in [0, 0.1) is 13.8 Å². The summed E-state index contributed by atoms with van der Waals surface area (Å²) in [4.78, 5) is 7.57. The van der Waals surface area contributed by atoms with E-state index < -0.39 is 17.8 Å². The molecular formula is C27H24F3N3O3. The molecule has 0 saturated heterocycles. The second-order valence-corrected chi connectivity index (χ2v) is 8.25. The molecule has 9 heteroatoms. The maximum Gasteiger partial charge on any atom is 0.434 e. The van der Waals surface area contributed by atoms with E-state index in [0.29, 0.717) is 5.75 Å². The van der Waals surface area contributed by atoms with Gasteiger partial charge < -0.3 is 20.3 Å². The zero-order valence-corrected chi connectivity index (χ0v) is 19.8. The SMILES string of the molecule is COc1ccccc1-c1c(-c2ccc(OCc3cc(C)ccc3C)cc2O)nc(N)nc1C(F)(F)F. The zero-order valence-electron chi connectivity index (χ0n) is 19.8. The van der Waals surface area contributed by atoms with E-state index in [1.54, 1.807) is 18.2 Å². The van der Waals surface area contributed by atoms with Crippen molar-refractivity contribution in [3.8, 4) is 39.6 Å². The van der Waals surface area contributed by atoms with Crippen LogP contribution in [0.2, 0.25) is 0 Å². The summed E-state index contributed by atoms with van der Waals surface area (Å²) in [6, 6.07) is 16.5. The number of benzene rings is 3. The highest BCUT2D eigenvalue weighted by atomic mass is 19.4. The van der Waals surface area contributed by atoms with Gasteiger partial charge in [-0.1, -0.05) is 42.0 Å². The number of rotatable bonds is 6. The van der Waals surface area contributed by atoms with Crippen LogP contribution in [0.1, 0.15) is 22.4 Å². The summed E-state index contributed by atoms with van der Waals surface area (Å²) in [5.74, 6) is -0.374. The third kappa shape index (κ3) is 5.05. The lowest BCUT2D eigenvalue weighted by molar-refractivity contribution is -0.140. The summed E-state index contributed by atoms with van der Waals surface area (Å²) in [6.45, 7) is 4.21. The average molecular weight is 496 g/mol. The molecule has 3 N–H and O–H groups in total. The molecular weight excluding hydrogens is 471 g/mol. The molecule has 0 aliphatic heterocycles. The Kier molecular flexibility index (Phi) is 6.74. The van der Waals surface area contributed by atoms with Crippen molar-refractivity contribution in [1.82, 2.24) is 9.97 Å². The first kappa shape index (κ1) is 24.8. The van der Waals surface area contributed by atoms with Crippen LogP contribution in [0.15, 0.2) is 60.7 Å². The van der Waals surface area contributed by atoms with E-state index in [-0.39, 0.29) is 40.5 Å². The van der Waals surface area contributed by atoms with Crippen LogP contribution in [0.4, 0.5) is 19.1 Å². The number of aromatic hydroxyl groups is 1. The number of nitrogen functional groups attached to an aromatic ring is 1. The summed E-state index contributed by atoms with van der Waals surface area (Å²) in [6.07, 6.45) is -4.84. The number of para-hydroxylation sites is 1. The Hall–Kier alpha value is -4.27. The van der Waals surface area contributed by atoms with Crippen LogP contribution in [-0.2, 0) is 12.8 Å². The molecule has 4 aromatic rings. The van der Waals surface area contributed by atoms with Gasteiger partial charge in [-0.05, 0) is 43.2 Å². The lowest BCUT2D eigenvalue weighted by atomic mass is 9.96. The maximum absolute atomic E-state index is 14.1. The first-order chi connectivity index (χ1) is 17.1. The van der Waals surface area contributed by atoms with Crippen LogP contribution in [0.5, 0.6) is 17.2 Å². The summed E-state index contributed by atoms with van der Waals surface area (Å²) < 4.78 is 53.3. The largest absolute Gasteiger partial charge is 0.507 e. The minimum atomic E-state index is -4.84. The van der Waals surface area contributed by atoms with Gasteiger partial charge in [0.15, 0.2) is 5.69 Å². The fourth-order valence-corrected chi connectivity index (χ4v) is 3.90. The molecule has 3 aromatic carbocycles. The highest BCUT2D eigenvalue weighted by molar-refractivity contribution is 5.88. The van der Waals surface area contributed by atoms with E-state index in [0.717, 1.165) is 16.7 Å². The number of hydrogen-bond acceptors (Lipinski definition) is 6. The lowest BCUT2D eigenvalue weighted by Gasteiger charge is -2.19. The molecule has 0 aliphatic carbocycles. The Morgan fingerprint density at radius 1 is 0.944 bits per heavy atom. The molecule has 0 radical (unpaired) electrons. The quantitative estimate of drug-likeness (QED) is 0.325. The number of anilines is 1. The first-order valence-corrected chi connectivity index (χ1v) is 11.0. The Labute approximate surface area is 206 Å². The fourth-order valence-electron chi connectivity index (χ4n) is 3.90. The van der Waals surface area contributed by atoms with Crippen molar-refractivity contribution in [3.63, 3.8) is 0 Å². The van der Waals surface area contributed by atoms with Crippen LogP contribution < -0.4 is 15.2 Å². The second kappa shape index (κ2) is 9.77. The van der Waals surface area contributed by atoms with Crippen LogP contribution in [-0.4, -0.2) is 22.2 Å². The van der Waals surface area contributed by atoms with Crippen molar-refractivity contribution >= 4 is 5.95 Å². The molecule has 0 bridgehead atoms. The van der Waals surface area contributed by atoms with Gasteiger partial charge in [-0.2, -0.15) is 13.2 Å². The van der Waals surface area contributed by atoms with Gasteiger partial charge in [-0.15, -0.1) is 0 Å². The molecule has 0 unspecified atom stereocenters. The van der Waals surface area contributed by atoms with Crippen molar-refractivity contribution in [2.45, 2.75) is 26.6 Å². The van der Waals surface area contributed by atoms with Gasteiger partial charge in [0.2, 0.25) is 5.95 Å². The predicted molar refractivity (Wildman–Crippen MR) is 131 cm³/mol. The molecule has 0 aliphatic rings. The number of nitrogens with two attached hydrogens (primary N) is 1. The van der Waals surface area contributed by atoms with E-state index in [1.165, 1.54) is 31.4 Å². The highest BCUT2D eigenvalue weighted by Crippen LogP contribution is 2.46. The number of aryl methyl sites for hydroxylation is 2. The number of methoxy groups -OCH3 is 1.